The van der Waals surface area contributed by atoms with Crippen LogP contribution in [-0.2, 0) is 35.3 Å². The van der Waals surface area contributed by atoms with Gasteiger partial charge in [0.2, 0.25) is 0 Å². The Hall–Kier alpha value is -2.67. The second kappa shape index (κ2) is 10.5. The standard InChI is InChI=1S/C28H35BrO6/c1-9-34-24(32)28(25(33)35-10-2,23(31)17-11-13-19(29)14-12-17)18-15-20(26(3,4)5)22(30)21(16-18)27(6,7)8/h11-16,30H,9-10H2,1-8H3. The Kier molecular flexibility index (Phi) is 8.59. The van der Waals surface area contributed by atoms with E-state index < -0.39 is 34.0 Å². The Morgan fingerprint density at radius 3 is 1.54 bits per heavy atom. The van der Waals surface area contributed by atoms with Crippen LogP contribution in [0.15, 0.2) is 40.9 Å². The van der Waals surface area contributed by atoms with Crippen molar-refractivity contribution >= 4 is 33.7 Å². The van der Waals surface area contributed by atoms with Crippen molar-refractivity contribution in [1.29, 1.82) is 0 Å². The third-order valence-corrected chi connectivity index (χ3v) is 6.30. The Balaban J connectivity index is 3.09. The first-order chi connectivity index (χ1) is 16.1. The summed E-state index contributed by atoms with van der Waals surface area (Å²) in [6.45, 7) is 14.6. The lowest BCUT2D eigenvalue weighted by Gasteiger charge is -2.33. The minimum Gasteiger partial charge on any atom is -0.507 e. The van der Waals surface area contributed by atoms with Crippen molar-refractivity contribution in [3.05, 3.63) is 63.1 Å². The molecule has 0 radical (unpaired) electrons. The highest BCUT2D eigenvalue weighted by Gasteiger charge is 2.58. The van der Waals surface area contributed by atoms with Crippen LogP contribution in [0.25, 0.3) is 0 Å². The Morgan fingerprint density at radius 2 is 1.20 bits per heavy atom. The summed E-state index contributed by atoms with van der Waals surface area (Å²) in [6, 6.07) is 9.49. The Bertz CT molecular complexity index is 1050. The Labute approximate surface area is 216 Å². The van der Waals surface area contributed by atoms with E-state index in [9.17, 15) is 19.5 Å². The van der Waals surface area contributed by atoms with E-state index in [-0.39, 0.29) is 30.1 Å². The molecule has 0 unspecified atom stereocenters. The second-order valence-corrected chi connectivity index (χ2v) is 11.4. The lowest BCUT2D eigenvalue weighted by atomic mass is 9.69. The zero-order valence-electron chi connectivity index (χ0n) is 21.7. The number of halogens is 1. The SMILES string of the molecule is CCOC(=O)C(C(=O)OCC)(C(=O)c1ccc(Br)cc1)c1cc(C(C)(C)C)c(O)c(C(C)(C)C)c1. The first kappa shape index (κ1) is 28.6. The maximum Gasteiger partial charge on any atom is 0.336 e. The monoisotopic (exact) mass is 546 g/mol. The van der Waals surface area contributed by atoms with Crippen molar-refractivity contribution in [3.63, 3.8) is 0 Å². The zero-order valence-corrected chi connectivity index (χ0v) is 23.3. The van der Waals surface area contributed by atoms with E-state index in [1.54, 1.807) is 38.1 Å². The number of carbonyl (C=O) groups is 3. The van der Waals surface area contributed by atoms with Crippen molar-refractivity contribution in [2.45, 2.75) is 71.6 Å². The van der Waals surface area contributed by atoms with Gasteiger partial charge < -0.3 is 14.6 Å². The third-order valence-electron chi connectivity index (χ3n) is 5.77. The van der Waals surface area contributed by atoms with Gasteiger partial charge in [-0.05, 0) is 65.6 Å². The van der Waals surface area contributed by atoms with Crippen molar-refractivity contribution in [2.75, 3.05) is 13.2 Å². The van der Waals surface area contributed by atoms with Crippen LogP contribution < -0.4 is 0 Å². The maximum atomic E-state index is 14.1. The van der Waals surface area contributed by atoms with Crippen molar-refractivity contribution in [3.8, 4) is 5.75 Å². The summed E-state index contributed by atoms with van der Waals surface area (Å²) in [7, 11) is 0. The van der Waals surface area contributed by atoms with Crippen molar-refractivity contribution < 1.29 is 29.0 Å². The van der Waals surface area contributed by atoms with Gasteiger partial charge in [0.25, 0.3) is 5.41 Å². The van der Waals surface area contributed by atoms with E-state index in [2.05, 4.69) is 15.9 Å². The third kappa shape index (κ3) is 5.61. The first-order valence-corrected chi connectivity index (χ1v) is 12.4. The number of phenols is 1. The topological polar surface area (TPSA) is 89.9 Å². The van der Waals surface area contributed by atoms with Crippen LogP contribution in [0.1, 0.15) is 82.4 Å². The molecule has 2 rings (SSSR count). The lowest BCUT2D eigenvalue weighted by Crippen LogP contribution is -2.53. The molecule has 0 aliphatic rings. The van der Waals surface area contributed by atoms with Crippen LogP contribution in [0.3, 0.4) is 0 Å². The molecule has 0 aliphatic carbocycles. The number of phenolic OH excluding ortho intramolecular Hbond substituents is 1. The molecule has 0 amide bonds. The number of ether oxygens (including phenoxy) is 2. The summed E-state index contributed by atoms with van der Waals surface area (Å²) in [5, 5.41) is 11.2. The second-order valence-electron chi connectivity index (χ2n) is 10.4. The molecule has 7 heteroatoms. The summed E-state index contributed by atoms with van der Waals surface area (Å²) >= 11 is 3.35. The zero-order chi connectivity index (χ0) is 26.8. The number of rotatable bonds is 7. The molecule has 0 fully saturated rings. The van der Waals surface area contributed by atoms with Gasteiger partial charge in [-0.3, -0.25) is 4.79 Å². The fourth-order valence-electron chi connectivity index (χ4n) is 3.93. The normalized spacial score (nSPS) is 12.3. The molecule has 35 heavy (non-hydrogen) atoms. The molecule has 0 aromatic heterocycles. The highest BCUT2D eigenvalue weighted by molar-refractivity contribution is 9.10. The van der Waals surface area contributed by atoms with E-state index in [1.165, 1.54) is 12.1 Å². The largest absolute Gasteiger partial charge is 0.507 e. The molecule has 0 spiro atoms. The van der Waals surface area contributed by atoms with Gasteiger partial charge >= 0.3 is 11.9 Å². The molecule has 0 saturated heterocycles. The van der Waals surface area contributed by atoms with Crippen LogP contribution in [0.5, 0.6) is 5.75 Å². The van der Waals surface area contributed by atoms with E-state index in [0.717, 1.165) is 4.47 Å². The maximum absolute atomic E-state index is 14.1. The lowest BCUT2D eigenvalue weighted by molar-refractivity contribution is -0.161. The number of hydrogen-bond acceptors (Lipinski definition) is 6. The fourth-order valence-corrected chi connectivity index (χ4v) is 4.19. The summed E-state index contributed by atoms with van der Waals surface area (Å²) in [5.74, 6) is -2.73. The molecule has 0 aliphatic heterocycles. The van der Waals surface area contributed by atoms with E-state index in [0.29, 0.717) is 11.1 Å². The predicted molar refractivity (Wildman–Crippen MR) is 139 cm³/mol. The minimum absolute atomic E-state index is 0.0378. The molecular weight excluding hydrogens is 512 g/mol. The average Bonchev–Trinajstić information content (AvgIpc) is 2.74. The van der Waals surface area contributed by atoms with Gasteiger partial charge in [0.1, 0.15) is 5.75 Å². The fraction of sp³-hybridized carbons (Fsp3) is 0.464. The summed E-state index contributed by atoms with van der Waals surface area (Å²) in [4.78, 5) is 41.4. The van der Waals surface area contributed by atoms with Gasteiger partial charge in [-0.25, -0.2) is 9.59 Å². The number of aromatic hydroxyl groups is 1. The van der Waals surface area contributed by atoms with Gasteiger partial charge in [0.15, 0.2) is 5.78 Å². The molecular formula is C28H35BrO6. The van der Waals surface area contributed by atoms with E-state index in [1.807, 2.05) is 41.5 Å². The summed E-state index contributed by atoms with van der Waals surface area (Å²) in [6.07, 6.45) is 0. The molecule has 2 aromatic carbocycles. The minimum atomic E-state index is -2.41. The Morgan fingerprint density at radius 1 is 0.800 bits per heavy atom. The van der Waals surface area contributed by atoms with Gasteiger partial charge in [-0.2, -0.15) is 0 Å². The summed E-state index contributed by atoms with van der Waals surface area (Å²) in [5.41, 5.74) is -2.27. The smallest absolute Gasteiger partial charge is 0.336 e. The van der Waals surface area contributed by atoms with Gasteiger partial charge in [0.05, 0.1) is 13.2 Å². The van der Waals surface area contributed by atoms with E-state index >= 15 is 0 Å². The molecule has 0 bridgehead atoms. The molecule has 190 valence electrons. The highest BCUT2D eigenvalue weighted by atomic mass is 79.9. The quantitative estimate of drug-likeness (QED) is 0.260. The molecule has 0 atom stereocenters. The highest BCUT2D eigenvalue weighted by Crippen LogP contribution is 2.44. The average molecular weight is 547 g/mol. The number of Topliss-reactive ketones (excluding diaryl/α,β-unsaturated/α-hetero) is 1. The number of carbonyl (C=O) groups excluding carboxylic acids is 3. The first-order valence-electron chi connectivity index (χ1n) is 11.7. The number of ketones is 1. The van der Waals surface area contributed by atoms with Crippen LogP contribution in [0.2, 0.25) is 0 Å². The van der Waals surface area contributed by atoms with Crippen LogP contribution in [-0.4, -0.2) is 36.0 Å². The number of esters is 2. The predicted octanol–water partition coefficient (Wildman–Crippen LogP) is 6.00. The molecule has 0 saturated carbocycles. The molecule has 2 aromatic rings. The molecule has 6 nitrogen and oxygen atoms in total. The van der Waals surface area contributed by atoms with Gasteiger partial charge in [-0.1, -0.05) is 69.6 Å². The summed E-state index contributed by atoms with van der Waals surface area (Å²) < 4.78 is 11.4. The number of benzene rings is 2. The van der Waals surface area contributed by atoms with Crippen LogP contribution in [0.4, 0.5) is 0 Å². The van der Waals surface area contributed by atoms with E-state index in [4.69, 9.17) is 9.47 Å². The van der Waals surface area contributed by atoms with Crippen LogP contribution >= 0.6 is 15.9 Å². The van der Waals surface area contributed by atoms with Crippen LogP contribution in [0, 0.1) is 0 Å². The van der Waals surface area contributed by atoms with Crippen molar-refractivity contribution in [1.82, 2.24) is 0 Å². The van der Waals surface area contributed by atoms with Crippen molar-refractivity contribution in [2.24, 2.45) is 0 Å². The van der Waals surface area contributed by atoms with Gasteiger partial charge in [0, 0.05) is 10.0 Å². The van der Waals surface area contributed by atoms with Gasteiger partial charge in [-0.15, -0.1) is 0 Å². The molecule has 0 heterocycles. The molecule has 1 N–H and O–H groups in total. The number of hydrogen-bond donors (Lipinski definition) is 1.